The fourth-order valence-corrected chi connectivity index (χ4v) is 1.53. The molecule has 18 heavy (non-hydrogen) atoms. The average Bonchev–Trinajstić information content (AvgIpc) is 2.27. The zero-order valence-electron chi connectivity index (χ0n) is 9.70. The standard InChI is InChI=1S/C12H13F3O3/c1-2-18-11(17)10(16)9-6-4-3-5-8(9)7-12(13,14)15/h3-6,10,16H,2,7H2,1H3. The number of aliphatic hydroxyl groups is 1. The molecule has 1 N–H and O–H groups in total. The third-order valence-corrected chi connectivity index (χ3v) is 2.25. The number of hydrogen-bond donors (Lipinski definition) is 1. The molecule has 0 aliphatic rings. The van der Waals surface area contributed by atoms with E-state index in [2.05, 4.69) is 4.74 Å². The van der Waals surface area contributed by atoms with Crippen molar-refractivity contribution in [2.75, 3.05) is 6.61 Å². The van der Waals surface area contributed by atoms with Gasteiger partial charge in [-0.3, -0.25) is 0 Å². The molecule has 0 fully saturated rings. The summed E-state index contributed by atoms with van der Waals surface area (Å²) in [5, 5.41) is 9.66. The molecule has 100 valence electrons. The zero-order valence-corrected chi connectivity index (χ0v) is 9.70. The highest BCUT2D eigenvalue weighted by Gasteiger charge is 2.31. The van der Waals surface area contributed by atoms with Crippen molar-refractivity contribution in [2.45, 2.75) is 25.6 Å². The van der Waals surface area contributed by atoms with Crippen LogP contribution < -0.4 is 0 Å². The van der Waals surface area contributed by atoms with Crippen LogP contribution in [0.5, 0.6) is 0 Å². The Morgan fingerprint density at radius 3 is 2.56 bits per heavy atom. The molecule has 3 nitrogen and oxygen atoms in total. The van der Waals surface area contributed by atoms with Gasteiger partial charge in [0, 0.05) is 0 Å². The highest BCUT2D eigenvalue weighted by atomic mass is 19.4. The monoisotopic (exact) mass is 262 g/mol. The summed E-state index contributed by atoms with van der Waals surface area (Å²) < 4.78 is 41.6. The molecule has 0 radical (unpaired) electrons. The summed E-state index contributed by atoms with van der Waals surface area (Å²) in [7, 11) is 0. The van der Waals surface area contributed by atoms with E-state index in [0.29, 0.717) is 0 Å². The molecular weight excluding hydrogens is 249 g/mol. The summed E-state index contributed by atoms with van der Waals surface area (Å²) in [5.74, 6) is -0.952. The van der Waals surface area contributed by atoms with Gasteiger partial charge in [-0.1, -0.05) is 24.3 Å². The second kappa shape index (κ2) is 5.86. The van der Waals surface area contributed by atoms with Gasteiger partial charge in [0.25, 0.3) is 0 Å². The molecule has 0 amide bonds. The van der Waals surface area contributed by atoms with E-state index in [-0.39, 0.29) is 17.7 Å². The smallest absolute Gasteiger partial charge is 0.393 e. The fourth-order valence-electron chi connectivity index (χ4n) is 1.53. The van der Waals surface area contributed by atoms with Crippen LogP contribution in [0.3, 0.4) is 0 Å². The van der Waals surface area contributed by atoms with Crippen LogP contribution in [0.4, 0.5) is 13.2 Å². The van der Waals surface area contributed by atoms with Crippen molar-refractivity contribution in [1.82, 2.24) is 0 Å². The lowest BCUT2D eigenvalue weighted by Gasteiger charge is -2.15. The maximum Gasteiger partial charge on any atom is 0.393 e. The third-order valence-electron chi connectivity index (χ3n) is 2.25. The summed E-state index contributed by atoms with van der Waals surface area (Å²) in [5.41, 5.74) is -0.209. The van der Waals surface area contributed by atoms with E-state index in [1.165, 1.54) is 24.3 Å². The van der Waals surface area contributed by atoms with Crippen molar-refractivity contribution in [3.05, 3.63) is 35.4 Å². The number of benzene rings is 1. The molecule has 0 aliphatic heterocycles. The van der Waals surface area contributed by atoms with Gasteiger partial charge in [0.05, 0.1) is 13.0 Å². The molecule has 0 saturated carbocycles. The normalized spacial score (nSPS) is 13.2. The Balaban J connectivity index is 2.98. The van der Waals surface area contributed by atoms with Crippen LogP contribution in [0.1, 0.15) is 24.2 Å². The first-order valence-corrected chi connectivity index (χ1v) is 5.34. The van der Waals surface area contributed by atoms with Gasteiger partial charge in [0.1, 0.15) is 0 Å². The summed E-state index contributed by atoms with van der Waals surface area (Å²) in [4.78, 5) is 11.3. The molecule has 1 aromatic rings. The fraction of sp³-hybridized carbons (Fsp3) is 0.417. The number of carbonyl (C=O) groups is 1. The molecule has 1 rings (SSSR count). The van der Waals surface area contributed by atoms with E-state index in [1.54, 1.807) is 6.92 Å². The van der Waals surface area contributed by atoms with Gasteiger partial charge >= 0.3 is 12.1 Å². The third kappa shape index (κ3) is 4.03. The lowest BCUT2D eigenvalue weighted by Crippen LogP contribution is -2.19. The minimum absolute atomic E-state index is 0.0529. The highest BCUT2D eigenvalue weighted by Crippen LogP contribution is 2.27. The molecule has 0 aromatic heterocycles. The Bertz CT molecular complexity index is 415. The molecule has 6 heteroatoms. The number of aliphatic hydroxyl groups excluding tert-OH is 1. The van der Waals surface area contributed by atoms with E-state index in [0.717, 1.165) is 0 Å². The van der Waals surface area contributed by atoms with Crippen LogP contribution >= 0.6 is 0 Å². The minimum atomic E-state index is -4.40. The number of rotatable bonds is 4. The summed E-state index contributed by atoms with van der Waals surface area (Å²) in [6.07, 6.45) is -7.28. The first-order valence-electron chi connectivity index (χ1n) is 5.34. The molecule has 1 unspecified atom stereocenters. The largest absolute Gasteiger partial charge is 0.464 e. The second-order valence-corrected chi connectivity index (χ2v) is 3.65. The van der Waals surface area contributed by atoms with Gasteiger partial charge < -0.3 is 9.84 Å². The Morgan fingerprint density at radius 2 is 2.00 bits per heavy atom. The maximum atomic E-state index is 12.3. The number of esters is 1. The first kappa shape index (κ1) is 14.5. The van der Waals surface area contributed by atoms with Crippen molar-refractivity contribution < 1.29 is 27.8 Å². The number of hydrogen-bond acceptors (Lipinski definition) is 3. The zero-order chi connectivity index (χ0) is 13.8. The number of ether oxygens (including phenoxy) is 1. The van der Waals surface area contributed by atoms with E-state index in [4.69, 9.17) is 0 Å². The second-order valence-electron chi connectivity index (χ2n) is 3.65. The van der Waals surface area contributed by atoms with Crippen molar-refractivity contribution in [1.29, 1.82) is 0 Å². The van der Waals surface area contributed by atoms with Gasteiger partial charge in [-0.25, -0.2) is 4.79 Å². The topological polar surface area (TPSA) is 46.5 Å². The number of alkyl halides is 3. The van der Waals surface area contributed by atoms with Crippen LogP contribution in [0.25, 0.3) is 0 Å². The first-order chi connectivity index (χ1) is 8.35. The van der Waals surface area contributed by atoms with Crippen LogP contribution in [-0.4, -0.2) is 23.9 Å². The van der Waals surface area contributed by atoms with Crippen LogP contribution in [0.2, 0.25) is 0 Å². The van der Waals surface area contributed by atoms with Gasteiger partial charge in [-0.15, -0.1) is 0 Å². The predicted octanol–water partition coefficient (Wildman–Crippen LogP) is 2.39. The number of halogens is 3. The quantitative estimate of drug-likeness (QED) is 0.847. The molecule has 0 saturated heterocycles. The van der Waals surface area contributed by atoms with E-state index in [9.17, 15) is 23.1 Å². The van der Waals surface area contributed by atoms with Crippen molar-refractivity contribution in [3.8, 4) is 0 Å². The molecular formula is C12H13F3O3. The minimum Gasteiger partial charge on any atom is -0.464 e. The van der Waals surface area contributed by atoms with Crippen LogP contribution in [-0.2, 0) is 16.0 Å². The molecule has 0 heterocycles. The summed E-state index contributed by atoms with van der Waals surface area (Å²) in [6, 6.07) is 5.38. The Morgan fingerprint density at radius 1 is 1.39 bits per heavy atom. The average molecular weight is 262 g/mol. The van der Waals surface area contributed by atoms with E-state index < -0.39 is 24.7 Å². The van der Waals surface area contributed by atoms with Gasteiger partial charge in [-0.2, -0.15) is 13.2 Å². The van der Waals surface area contributed by atoms with Gasteiger partial charge in [0.2, 0.25) is 0 Å². The van der Waals surface area contributed by atoms with Crippen molar-refractivity contribution >= 4 is 5.97 Å². The maximum absolute atomic E-state index is 12.3. The molecule has 0 bridgehead atoms. The molecule has 0 spiro atoms. The van der Waals surface area contributed by atoms with Crippen LogP contribution in [0.15, 0.2) is 24.3 Å². The SMILES string of the molecule is CCOC(=O)C(O)c1ccccc1CC(F)(F)F. The van der Waals surface area contributed by atoms with Crippen molar-refractivity contribution in [3.63, 3.8) is 0 Å². The van der Waals surface area contributed by atoms with Crippen molar-refractivity contribution in [2.24, 2.45) is 0 Å². The lowest BCUT2D eigenvalue weighted by molar-refractivity contribution is -0.153. The Labute approximate surface area is 102 Å². The van der Waals surface area contributed by atoms with Gasteiger partial charge in [-0.05, 0) is 18.1 Å². The van der Waals surface area contributed by atoms with E-state index >= 15 is 0 Å². The summed E-state index contributed by atoms with van der Waals surface area (Å²) >= 11 is 0. The number of carbonyl (C=O) groups excluding carboxylic acids is 1. The Hall–Kier alpha value is -1.56. The van der Waals surface area contributed by atoms with Crippen LogP contribution in [0, 0.1) is 0 Å². The Kier molecular flexibility index (Phi) is 4.72. The molecule has 1 aromatic carbocycles. The molecule has 1 atom stereocenters. The van der Waals surface area contributed by atoms with Gasteiger partial charge in [0.15, 0.2) is 6.10 Å². The molecule has 0 aliphatic carbocycles. The summed E-state index contributed by atoms with van der Waals surface area (Å²) in [6.45, 7) is 1.60. The van der Waals surface area contributed by atoms with E-state index in [1.807, 2.05) is 0 Å². The highest BCUT2D eigenvalue weighted by molar-refractivity contribution is 5.76. The lowest BCUT2D eigenvalue weighted by atomic mass is 10.00. The predicted molar refractivity (Wildman–Crippen MR) is 57.8 cm³/mol.